The maximum absolute atomic E-state index is 11.7. The van der Waals surface area contributed by atoms with Crippen molar-refractivity contribution in [3.05, 3.63) is 16.6 Å². The van der Waals surface area contributed by atoms with Crippen LogP contribution in [-0.2, 0) is 4.74 Å². The summed E-state index contributed by atoms with van der Waals surface area (Å²) in [5, 5.41) is 4.69. The molecule has 1 aliphatic heterocycles. The fourth-order valence-corrected chi connectivity index (χ4v) is 2.50. The minimum Gasteiger partial charge on any atom is -0.379 e. The van der Waals surface area contributed by atoms with Crippen molar-refractivity contribution < 1.29 is 9.53 Å². The highest BCUT2D eigenvalue weighted by Crippen LogP contribution is 2.04. The molecule has 1 amide bonds. The Labute approximate surface area is 111 Å². The summed E-state index contributed by atoms with van der Waals surface area (Å²) in [6, 6.07) is 0. The number of rotatable bonds is 5. The van der Waals surface area contributed by atoms with Gasteiger partial charge in [-0.1, -0.05) is 6.92 Å². The van der Waals surface area contributed by atoms with Crippen molar-refractivity contribution in [2.24, 2.45) is 5.92 Å². The Morgan fingerprint density at radius 2 is 2.39 bits per heavy atom. The number of thiazole rings is 1. The van der Waals surface area contributed by atoms with Gasteiger partial charge in [0, 0.05) is 31.6 Å². The number of carbonyl (C=O) groups excluding carboxylic acids is 1. The van der Waals surface area contributed by atoms with E-state index in [2.05, 4.69) is 22.1 Å². The Hall–Kier alpha value is -0.980. The van der Waals surface area contributed by atoms with E-state index in [1.165, 1.54) is 11.3 Å². The lowest BCUT2D eigenvalue weighted by Gasteiger charge is -2.29. The van der Waals surface area contributed by atoms with Gasteiger partial charge in [-0.05, 0) is 5.92 Å². The summed E-state index contributed by atoms with van der Waals surface area (Å²) in [6.45, 7) is 7.45. The third kappa shape index (κ3) is 4.04. The molecule has 1 unspecified atom stereocenters. The van der Waals surface area contributed by atoms with Crippen LogP contribution in [0.4, 0.5) is 0 Å². The fourth-order valence-electron chi connectivity index (χ4n) is 1.97. The van der Waals surface area contributed by atoms with Gasteiger partial charge in [-0.15, -0.1) is 11.3 Å². The van der Waals surface area contributed by atoms with Crippen molar-refractivity contribution in [1.82, 2.24) is 15.2 Å². The van der Waals surface area contributed by atoms with Crippen molar-refractivity contribution in [2.45, 2.75) is 6.92 Å². The lowest BCUT2D eigenvalue weighted by atomic mass is 10.1. The molecule has 5 nitrogen and oxygen atoms in total. The van der Waals surface area contributed by atoms with Gasteiger partial charge < -0.3 is 10.1 Å². The smallest absolute Gasteiger partial charge is 0.270 e. The van der Waals surface area contributed by atoms with Crippen LogP contribution in [-0.4, -0.2) is 55.2 Å². The van der Waals surface area contributed by atoms with Crippen molar-refractivity contribution in [1.29, 1.82) is 0 Å². The van der Waals surface area contributed by atoms with Gasteiger partial charge in [0.25, 0.3) is 5.91 Å². The van der Waals surface area contributed by atoms with E-state index < -0.39 is 0 Å². The highest BCUT2D eigenvalue weighted by molar-refractivity contribution is 7.07. The van der Waals surface area contributed by atoms with Gasteiger partial charge in [-0.2, -0.15) is 0 Å². The lowest BCUT2D eigenvalue weighted by Crippen LogP contribution is -2.41. The van der Waals surface area contributed by atoms with E-state index in [0.717, 1.165) is 32.8 Å². The largest absolute Gasteiger partial charge is 0.379 e. The van der Waals surface area contributed by atoms with Gasteiger partial charge in [0.2, 0.25) is 0 Å². The van der Waals surface area contributed by atoms with Crippen LogP contribution in [0.2, 0.25) is 0 Å². The first-order chi connectivity index (χ1) is 8.75. The number of carbonyl (C=O) groups is 1. The van der Waals surface area contributed by atoms with E-state index in [0.29, 0.717) is 18.2 Å². The summed E-state index contributed by atoms with van der Waals surface area (Å²) in [7, 11) is 0. The molecule has 2 heterocycles. The normalized spacial score (nSPS) is 18.5. The van der Waals surface area contributed by atoms with E-state index in [9.17, 15) is 4.79 Å². The monoisotopic (exact) mass is 269 g/mol. The summed E-state index contributed by atoms with van der Waals surface area (Å²) in [4.78, 5) is 18.1. The third-order valence-corrected chi connectivity index (χ3v) is 3.54. The van der Waals surface area contributed by atoms with Crippen LogP contribution >= 0.6 is 11.3 Å². The van der Waals surface area contributed by atoms with Crippen molar-refractivity contribution in [3.63, 3.8) is 0 Å². The molecule has 1 aromatic heterocycles. The van der Waals surface area contributed by atoms with Gasteiger partial charge in [0.15, 0.2) is 0 Å². The Balaban J connectivity index is 1.68. The van der Waals surface area contributed by atoms with Crippen LogP contribution in [0.5, 0.6) is 0 Å². The van der Waals surface area contributed by atoms with Gasteiger partial charge >= 0.3 is 0 Å². The molecule has 1 aliphatic rings. The Kier molecular flexibility index (Phi) is 5.10. The van der Waals surface area contributed by atoms with E-state index in [-0.39, 0.29) is 5.91 Å². The number of amides is 1. The minimum absolute atomic E-state index is 0.0786. The molecule has 1 aromatic rings. The first-order valence-electron chi connectivity index (χ1n) is 6.22. The average Bonchev–Trinajstić information content (AvgIpc) is 2.91. The number of aromatic nitrogens is 1. The molecule has 1 saturated heterocycles. The van der Waals surface area contributed by atoms with Crippen molar-refractivity contribution >= 4 is 17.2 Å². The zero-order valence-electron chi connectivity index (χ0n) is 10.6. The Morgan fingerprint density at radius 1 is 1.61 bits per heavy atom. The minimum atomic E-state index is -0.0786. The molecule has 1 atom stereocenters. The second-order valence-corrected chi connectivity index (χ2v) is 5.32. The van der Waals surface area contributed by atoms with Crippen LogP contribution in [0.3, 0.4) is 0 Å². The molecule has 0 saturated carbocycles. The molecule has 0 radical (unpaired) electrons. The highest BCUT2D eigenvalue weighted by Gasteiger charge is 2.15. The van der Waals surface area contributed by atoms with Crippen molar-refractivity contribution in [3.8, 4) is 0 Å². The quantitative estimate of drug-likeness (QED) is 0.860. The second-order valence-electron chi connectivity index (χ2n) is 4.60. The zero-order valence-corrected chi connectivity index (χ0v) is 11.4. The molecule has 1 N–H and O–H groups in total. The molecule has 18 heavy (non-hydrogen) atoms. The van der Waals surface area contributed by atoms with Gasteiger partial charge in [-0.25, -0.2) is 4.98 Å². The van der Waals surface area contributed by atoms with E-state index in [4.69, 9.17) is 4.74 Å². The Morgan fingerprint density at radius 3 is 3.06 bits per heavy atom. The summed E-state index contributed by atoms with van der Waals surface area (Å²) in [6.07, 6.45) is 0. The molecular formula is C12H19N3O2S. The maximum atomic E-state index is 11.7. The topological polar surface area (TPSA) is 54.5 Å². The van der Waals surface area contributed by atoms with Crippen LogP contribution in [0, 0.1) is 5.92 Å². The zero-order chi connectivity index (χ0) is 12.8. The lowest BCUT2D eigenvalue weighted by molar-refractivity contribution is 0.0317. The number of nitrogens with zero attached hydrogens (tertiary/aromatic N) is 2. The number of morpholine rings is 1. The molecule has 100 valence electrons. The average molecular weight is 269 g/mol. The third-order valence-electron chi connectivity index (χ3n) is 2.95. The number of ether oxygens (including phenoxy) is 1. The molecule has 2 rings (SSSR count). The summed E-state index contributed by atoms with van der Waals surface area (Å²) in [5.41, 5.74) is 2.19. The molecule has 6 heteroatoms. The highest BCUT2D eigenvalue weighted by atomic mass is 32.1. The van der Waals surface area contributed by atoms with Crippen LogP contribution in [0.25, 0.3) is 0 Å². The summed E-state index contributed by atoms with van der Waals surface area (Å²) >= 11 is 1.44. The van der Waals surface area contributed by atoms with Crippen LogP contribution in [0.1, 0.15) is 17.4 Å². The first kappa shape index (κ1) is 13.5. The summed E-state index contributed by atoms with van der Waals surface area (Å²) < 4.78 is 5.31. The number of hydrogen-bond donors (Lipinski definition) is 1. The fraction of sp³-hybridized carbons (Fsp3) is 0.667. The Bertz CT molecular complexity index is 363. The molecule has 0 spiro atoms. The number of nitrogens with one attached hydrogen (secondary N) is 1. The first-order valence-corrected chi connectivity index (χ1v) is 7.16. The SMILES string of the molecule is CC(CNC(=O)c1cscn1)CN1CCOCC1. The molecule has 0 aromatic carbocycles. The standard InChI is InChI=1S/C12H19N3O2S/c1-10(7-15-2-4-17-5-3-15)6-13-12(16)11-8-18-9-14-11/h8-10H,2-7H2,1H3,(H,13,16). The maximum Gasteiger partial charge on any atom is 0.270 e. The van der Waals surface area contributed by atoms with Crippen LogP contribution < -0.4 is 5.32 Å². The van der Waals surface area contributed by atoms with Gasteiger partial charge in [-0.3, -0.25) is 9.69 Å². The predicted octanol–water partition coefficient (Wildman–Crippen LogP) is 0.841. The predicted molar refractivity (Wildman–Crippen MR) is 70.9 cm³/mol. The molecular weight excluding hydrogens is 250 g/mol. The molecule has 1 fully saturated rings. The van der Waals surface area contributed by atoms with E-state index in [1.54, 1.807) is 10.9 Å². The van der Waals surface area contributed by atoms with Crippen molar-refractivity contribution in [2.75, 3.05) is 39.4 Å². The summed E-state index contributed by atoms with van der Waals surface area (Å²) in [5.74, 6) is 0.357. The van der Waals surface area contributed by atoms with E-state index in [1.807, 2.05) is 0 Å². The second kappa shape index (κ2) is 6.82. The van der Waals surface area contributed by atoms with Gasteiger partial charge in [0.1, 0.15) is 5.69 Å². The van der Waals surface area contributed by atoms with E-state index >= 15 is 0 Å². The number of hydrogen-bond acceptors (Lipinski definition) is 5. The molecule has 0 aliphatic carbocycles. The van der Waals surface area contributed by atoms with Crippen LogP contribution in [0.15, 0.2) is 10.9 Å². The van der Waals surface area contributed by atoms with Gasteiger partial charge in [0.05, 0.1) is 18.7 Å². The molecule has 0 bridgehead atoms.